The van der Waals surface area contributed by atoms with Crippen LogP contribution in [-0.2, 0) is 9.59 Å². The van der Waals surface area contributed by atoms with Crippen molar-refractivity contribution in [1.29, 1.82) is 0 Å². The number of nitrogens with one attached hydrogen (secondary N) is 1. The van der Waals surface area contributed by atoms with Crippen molar-refractivity contribution in [1.82, 2.24) is 0 Å². The van der Waals surface area contributed by atoms with Gasteiger partial charge in [-0.1, -0.05) is 48.0 Å². The minimum absolute atomic E-state index is 0.243. The fourth-order valence-electron chi connectivity index (χ4n) is 4.03. The highest BCUT2D eigenvalue weighted by molar-refractivity contribution is 6.46. The smallest absolute Gasteiger partial charge is 0.282 e. The highest BCUT2D eigenvalue weighted by Gasteiger charge is 2.42. The van der Waals surface area contributed by atoms with Gasteiger partial charge in [0.15, 0.2) is 0 Å². The molecule has 3 aromatic rings. The second-order valence-electron chi connectivity index (χ2n) is 8.06. The van der Waals surface area contributed by atoms with E-state index in [2.05, 4.69) is 5.32 Å². The molecule has 162 valence electrons. The fourth-order valence-corrected chi connectivity index (χ4v) is 4.03. The van der Waals surface area contributed by atoms with Crippen LogP contribution in [0.2, 0.25) is 0 Å². The van der Waals surface area contributed by atoms with Crippen LogP contribution in [-0.4, -0.2) is 18.9 Å². The molecule has 1 aliphatic rings. The van der Waals surface area contributed by atoms with Gasteiger partial charge in [0.2, 0.25) is 0 Å². The van der Waals surface area contributed by atoms with Gasteiger partial charge in [0, 0.05) is 11.3 Å². The lowest BCUT2D eigenvalue weighted by molar-refractivity contribution is -0.120. The van der Waals surface area contributed by atoms with Crippen molar-refractivity contribution in [2.75, 3.05) is 17.3 Å². The van der Waals surface area contributed by atoms with Crippen LogP contribution < -0.4 is 15.0 Å². The van der Waals surface area contributed by atoms with Crippen LogP contribution in [0.1, 0.15) is 27.8 Å². The summed E-state index contributed by atoms with van der Waals surface area (Å²) in [4.78, 5) is 28.7. The number of hydrogen-bond acceptors (Lipinski definition) is 4. The summed E-state index contributed by atoms with van der Waals surface area (Å²) < 4.78 is 5.52. The number of nitrogens with zero attached hydrogens (tertiary/aromatic N) is 1. The molecule has 0 radical (unpaired) electrons. The molecule has 5 nitrogen and oxygen atoms in total. The molecule has 0 aromatic heterocycles. The van der Waals surface area contributed by atoms with Crippen molar-refractivity contribution in [2.24, 2.45) is 0 Å². The first-order chi connectivity index (χ1) is 15.3. The average molecular weight is 427 g/mol. The van der Waals surface area contributed by atoms with Crippen molar-refractivity contribution in [3.05, 3.63) is 94.2 Å². The van der Waals surface area contributed by atoms with Gasteiger partial charge in [-0.15, -0.1) is 0 Å². The molecule has 0 spiro atoms. The van der Waals surface area contributed by atoms with Crippen LogP contribution in [0.15, 0.2) is 66.4 Å². The SMILES string of the molecule is COc1ccccc1C1=C(Nc2ccc(C)cc2C)C(=O)N(c2cccc(C)c2C)C1=O. The maximum Gasteiger partial charge on any atom is 0.282 e. The van der Waals surface area contributed by atoms with Gasteiger partial charge in [0.1, 0.15) is 11.4 Å². The Hall–Kier alpha value is -3.86. The van der Waals surface area contributed by atoms with Crippen molar-refractivity contribution in [3.63, 3.8) is 0 Å². The van der Waals surface area contributed by atoms with Crippen molar-refractivity contribution in [2.45, 2.75) is 27.7 Å². The average Bonchev–Trinajstić information content (AvgIpc) is 3.01. The topological polar surface area (TPSA) is 58.6 Å². The normalized spacial score (nSPS) is 13.7. The summed E-state index contributed by atoms with van der Waals surface area (Å²) in [5.74, 6) is -0.226. The summed E-state index contributed by atoms with van der Waals surface area (Å²) in [5.41, 5.74) is 6.50. The highest BCUT2D eigenvalue weighted by atomic mass is 16.5. The Balaban J connectivity index is 1.91. The first-order valence-corrected chi connectivity index (χ1v) is 10.5. The molecule has 3 aromatic carbocycles. The standard InChI is InChI=1S/C27H26N2O3/c1-16-13-14-21(18(3)15-16)28-25-24(20-10-6-7-12-23(20)32-5)26(30)29(27(25)31)22-11-8-9-17(2)19(22)4/h6-15,28H,1-5H3. The molecule has 0 saturated heterocycles. The summed E-state index contributed by atoms with van der Waals surface area (Å²) in [6.45, 7) is 7.88. The minimum atomic E-state index is -0.385. The summed E-state index contributed by atoms with van der Waals surface area (Å²) >= 11 is 0. The number of para-hydroxylation sites is 1. The Bertz CT molecular complexity index is 1270. The van der Waals surface area contributed by atoms with E-state index in [-0.39, 0.29) is 17.5 Å². The minimum Gasteiger partial charge on any atom is -0.496 e. The van der Waals surface area contributed by atoms with E-state index >= 15 is 0 Å². The second-order valence-corrected chi connectivity index (χ2v) is 8.06. The zero-order valence-electron chi connectivity index (χ0n) is 18.9. The maximum atomic E-state index is 13.7. The van der Waals surface area contributed by atoms with Crippen LogP contribution in [0, 0.1) is 27.7 Å². The van der Waals surface area contributed by atoms with Crippen molar-refractivity contribution in [3.8, 4) is 5.75 Å². The summed E-state index contributed by atoms with van der Waals surface area (Å²) in [5, 5.41) is 3.26. The van der Waals surface area contributed by atoms with Gasteiger partial charge in [0.05, 0.1) is 18.4 Å². The summed E-state index contributed by atoms with van der Waals surface area (Å²) in [6.07, 6.45) is 0. The van der Waals surface area contributed by atoms with E-state index in [9.17, 15) is 9.59 Å². The molecule has 0 fully saturated rings. The quantitative estimate of drug-likeness (QED) is 0.561. The Morgan fingerprint density at radius 2 is 1.56 bits per heavy atom. The number of hydrogen-bond donors (Lipinski definition) is 1. The molecular weight excluding hydrogens is 400 g/mol. The van der Waals surface area contributed by atoms with Crippen LogP contribution in [0.4, 0.5) is 11.4 Å². The van der Waals surface area contributed by atoms with Crippen LogP contribution in [0.25, 0.3) is 5.57 Å². The maximum absolute atomic E-state index is 13.7. The van der Waals surface area contributed by atoms with Crippen LogP contribution in [0.3, 0.4) is 0 Å². The molecule has 0 bridgehead atoms. The zero-order chi connectivity index (χ0) is 23.0. The Labute approximate surface area is 188 Å². The van der Waals surface area contributed by atoms with E-state index in [0.29, 0.717) is 22.6 Å². The van der Waals surface area contributed by atoms with Gasteiger partial charge in [-0.2, -0.15) is 0 Å². The largest absolute Gasteiger partial charge is 0.496 e. The Morgan fingerprint density at radius 1 is 0.812 bits per heavy atom. The number of imide groups is 1. The molecule has 0 saturated carbocycles. The van der Waals surface area contributed by atoms with E-state index < -0.39 is 0 Å². The van der Waals surface area contributed by atoms with E-state index in [1.165, 1.54) is 4.90 Å². The number of amides is 2. The molecule has 1 heterocycles. The number of anilines is 2. The number of ether oxygens (including phenoxy) is 1. The number of rotatable bonds is 5. The Kier molecular flexibility index (Phi) is 5.57. The lowest BCUT2D eigenvalue weighted by Gasteiger charge is -2.19. The van der Waals surface area contributed by atoms with Gasteiger partial charge in [0.25, 0.3) is 11.8 Å². The number of aryl methyl sites for hydroxylation is 3. The second kappa shape index (κ2) is 8.35. The zero-order valence-corrected chi connectivity index (χ0v) is 18.9. The fraction of sp³-hybridized carbons (Fsp3) is 0.185. The van der Waals surface area contributed by atoms with Crippen LogP contribution >= 0.6 is 0 Å². The first-order valence-electron chi connectivity index (χ1n) is 10.5. The predicted molar refractivity (Wildman–Crippen MR) is 128 cm³/mol. The van der Waals surface area contributed by atoms with E-state index in [4.69, 9.17) is 4.74 Å². The van der Waals surface area contributed by atoms with E-state index in [1.807, 2.05) is 70.2 Å². The third-order valence-corrected chi connectivity index (χ3v) is 5.92. The van der Waals surface area contributed by atoms with E-state index in [0.717, 1.165) is 27.9 Å². The van der Waals surface area contributed by atoms with Gasteiger partial charge < -0.3 is 10.1 Å². The van der Waals surface area contributed by atoms with Crippen molar-refractivity contribution >= 4 is 28.8 Å². The van der Waals surface area contributed by atoms with Gasteiger partial charge in [-0.3, -0.25) is 9.59 Å². The third-order valence-electron chi connectivity index (χ3n) is 5.92. The van der Waals surface area contributed by atoms with Gasteiger partial charge in [-0.05, 0) is 62.6 Å². The molecule has 2 amide bonds. The van der Waals surface area contributed by atoms with E-state index in [1.54, 1.807) is 25.3 Å². The monoisotopic (exact) mass is 426 g/mol. The van der Waals surface area contributed by atoms with Crippen LogP contribution in [0.5, 0.6) is 5.75 Å². The predicted octanol–water partition coefficient (Wildman–Crippen LogP) is 5.33. The molecular formula is C27H26N2O3. The molecule has 5 heteroatoms. The molecule has 32 heavy (non-hydrogen) atoms. The number of carbonyl (C=O) groups excluding carboxylic acids is 2. The molecule has 0 unspecified atom stereocenters. The molecule has 0 aliphatic carbocycles. The highest BCUT2D eigenvalue weighted by Crippen LogP contribution is 2.38. The molecule has 1 aliphatic heterocycles. The lowest BCUT2D eigenvalue weighted by atomic mass is 10.0. The molecule has 4 rings (SSSR count). The lowest BCUT2D eigenvalue weighted by Crippen LogP contribution is -2.33. The molecule has 0 atom stereocenters. The summed E-state index contributed by atoms with van der Waals surface area (Å²) in [7, 11) is 1.56. The summed E-state index contributed by atoms with van der Waals surface area (Å²) in [6, 6.07) is 18.8. The first kappa shape index (κ1) is 21.4. The Morgan fingerprint density at radius 3 is 2.28 bits per heavy atom. The number of carbonyl (C=O) groups is 2. The number of methoxy groups -OCH3 is 1. The molecule has 1 N–H and O–H groups in total. The third kappa shape index (κ3) is 3.56. The van der Waals surface area contributed by atoms with Crippen molar-refractivity contribution < 1.29 is 14.3 Å². The van der Waals surface area contributed by atoms with Gasteiger partial charge in [-0.25, -0.2) is 4.90 Å². The number of benzene rings is 3. The van der Waals surface area contributed by atoms with Gasteiger partial charge >= 0.3 is 0 Å².